The van der Waals surface area contributed by atoms with Crippen LogP contribution in [0.3, 0.4) is 0 Å². The molecule has 0 aliphatic carbocycles. The highest BCUT2D eigenvalue weighted by atomic mass is 16.4. The summed E-state index contributed by atoms with van der Waals surface area (Å²) in [6, 6.07) is 2.41. The van der Waals surface area contributed by atoms with E-state index in [1.54, 1.807) is 21.0 Å². The summed E-state index contributed by atoms with van der Waals surface area (Å²) in [5.74, 6) is -1.46. The van der Waals surface area contributed by atoms with Crippen molar-refractivity contribution in [3.05, 3.63) is 24.0 Å². The number of anilines is 1. The van der Waals surface area contributed by atoms with Gasteiger partial charge in [-0.05, 0) is 19.1 Å². The number of carboxylic acids is 1. The second-order valence-corrected chi connectivity index (χ2v) is 4.44. The summed E-state index contributed by atoms with van der Waals surface area (Å²) in [4.78, 5) is 41.1. The lowest BCUT2D eigenvalue weighted by Gasteiger charge is -2.22. The summed E-state index contributed by atoms with van der Waals surface area (Å²) >= 11 is 0. The van der Waals surface area contributed by atoms with Gasteiger partial charge in [0, 0.05) is 26.8 Å². The number of rotatable bonds is 5. The van der Waals surface area contributed by atoms with Gasteiger partial charge in [0.2, 0.25) is 5.91 Å². The predicted octanol–water partition coefficient (Wildman–Crippen LogP) is 0.722. The molecule has 0 spiro atoms. The fourth-order valence-corrected chi connectivity index (χ4v) is 1.50. The van der Waals surface area contributed by atoms with Crippen molar-refractivity contribution in [1.82, 2.24) is 14.8 Å². The maximum absolute atomic E-state index is 12.1. The van der Waals surface area contributed by atoms with Crippen LogP contribution in [0.4, 0.5) is 10.5 Å². The van der Waals surface area contributed by atoms with Crippen LogP contribution < -0.4 is 5.32 Å². The van der Waals surface area contributed by atoms with Crippen molar-refractivity contribution in [3.8, 4) is 0 Å². The number of carbonyl (C=O) groups excluding carboxylic acids is 2. The Balaban J connectivity index is 2.84. The number of aromatic carboxylic acids is 1. The van der Waals surface area contributed by atoms with Gasteiger partial charge >= 0.3 is 12.0 Å². The lowest BCUT2D eigenvalue weighted by atomic mass is 10.3. The Labute approximate surface area is 122 Å². The molecular formula is C13H18N4O4. The molecule has 0 radical (unpaired) electrons. The van der Waals surface area contributed by atoms with Crippen LogP contribution in [0.2, 0.25) is 0 Å². The van der Waals surface area contributed by atoms with Gasteiger partial charge in [0.05, 0.1) is 5.69 Å². The molecule has 21 heavy (non-hydrogen) atoms. The molecule has 8 heteroatoms. The zero-order valence-corrected chi connectivity index (χ0v) is 12.2. The first kappa shape index (κ1) is 16.4. The molecule has 0 fully saturated rings. The largest absolute Gasteiger partial charge is 0.476 e. The molecule has 0 aromatic carbocycles. The highest BCUT2D eigenvalue weighted by molar-refractivity contribution is 5.99. The quantitative estimate of drug-likeness (QED) is 0.833. The average Bonchev–Trinajstić information content (AvgIpc) is 2.44. The second-order valence-electron chi connectivity index (χ2n) is 4.44. The van der Waals surface area contributed by atoms with Crippen molar-refractivity contribution >= 4 is 23.6 Å². The van der Waals surface area contributed by atoms with Crippen LogP contribution in [-0.4, -0.2) is 65.0 Å². The van der Waals surface area contributed by atoms with Crippen LogP contribution in [0.25, 0.3) is 0 Å². The van der Waals surface area contributed by atoms with E-state index >= 15 is 0 Å². The van der Waals surface area contributed by atoms with Gasteiger partial charge < -0.3 is 20.2 Å². The maximum atomic E-state index is 12.1. The molecule has 0 aliphatic heterocycles. The van der Waals surface area contributed by atoms with Crippen LogP contribution in [0.15, 0.2) is 18.3 Å². The first-order valence-corrected chi connectivity index (χ1v) is 6.31. The molecule has 1 rings (SSSR count). The van der Waals surface area contributed by atoms with E-state index in [-0.39, 0.29) is 23.8 Å². The maximum Gasteiger partial charge on any atom is 0.356 e. The third-order valence-corrected chi connectivity index (χ3v) is 2.75. The van der Waals surface area contributed by atoms with E-state index in [2.05, 4.69) is 10.3 Å². The Kier molecular flexibility index (Phi) is 5.65. The van der Waals surface area contributed by atoms with E-state index < -0.39 is 12.0 Å². The van der Waals surface area contributed by atoms with Gasteiger partial charge in [0.1, 0.15) is 6.54 Å². The third-order valence-electron chi connectivity index (χ3n) is 2.75. The minimum atomic E-state index is -1.24. The predicted molar refractivity (Wildman–Crippen MR) is 76.2 cm³/mol. The molecule has 0 bridgehead atoms. The van der Waals surface area contributed by atoms with Gasteiger partial charge in [0.25, 0.3) is 0 Å². The molecule has 0 saturated heterocycles. The van der Waals surface area contributed by atoms with Gasteiger partial charge in [-0.25, -0.2) is 14.6 Å². The summed E-state index contributed by atoms with van der Waals surface area (Å²) in [6.07, 6.45) is 1.33. The zero-order valence-electron chi connectivity index (χ0n) is 12.2. The zero-order chi connectivity index (χ0) is 16.0. The molecule has 0 atom stereocenters. The number of amides is 3. The molecule has 1 aromatic rings. The van der Waals surface area contributed by atoms with E-state index in [1.165, 1.54) is 28.1 Å². The number of pyridine rings is 1. The SMILES string of the molecule is CCN(CC(=O)N(C)C)C(=O)Nc1cccnc1C(=O)O. The van der Waals surface area contributed by atoms with E-state index in [0.717, 1.165) is 0 Å². The summed E-state index contributed by atoms with van der Waals surface area (Å²) in [5, 5.41) is 11.5. The first-order chi connectivity index (χ1) is 9.86. The fourth-order valence-electron chi connectivity index (χ4n) is 1.50. The first-order valence-electron chi connectivity index (χ1n) is 6.31. The van der Waals surface area contributed by atoms with E-state index in [0.29, 0.717) is 6.54 Å². The molecule has 2 N–H and O–H groups in total. The summed E-state index contributed by atoms with van der Waals surface area (Å²) in [6.45, 7) is 1.95. The van der Waals surface area contributed by atoms with E-state index in [9.17, 15) is 14.4 Å². The molecule has 114 valence electrons. The smallest absolute Gasteiger partial charge is 0.356 e. The summed E-state index contributed by atoms with van der Waals surface area (Å²) in [5.41, 5.74) is -0.161. The standard InChI is InChI=1S/C13H18N4O4/c1-4-17(8-10(18)16(2)3)13(21)15-9-6-5-7-14-11(9)12(19)20/h5-7H,4,8H2,1-3H3,(H,15,21)(H,19,20). The molecule has 0 saturated carbocycles. The van der Waals surface area contributed by atoms with Crippen molar-refractivity contribution < 1.29 is 19.5 Å². The minimum absolute atomic E-state index is 0.0853. The normalized spacial score (nSPS) is 9.86. The van der Waals surface area contributed by atoms with Gasteiger partial charge in [-0.15, -0.1) is 0 Å². The number of nitrogens with one attached hydrogen (secondary N) is 1. The lowest BCUT2D eigenvalue weighted by Crippen LogP contribution is -2.42. The van der Waals surface area contributed by atoms with Gasteiger partial charge in [0.15, 0.2) is 5.69 Å². The molecule has 1 aromatic heterocycles. The number of nitrogens with zero attached hydrogens (tertiary/aromatic N) is 3. The highest BCUT2D eigenvalue weighted by Crippen LogP contribution is 2.12. The monoisotopic (exact) mass is 294 g/mol. The Hall–Kier alpha value is -2.64. The second kappa shape index (κ2) is 7.22. The molecule has 0 aliphatic rings. The van der Waals surface area contributed by atoms with Gasteiger partial charge in [-0.2, -0.15) is 0 Å². The number of hydrogen-bond acceptors (Lipinski definition) is 4. The van der Waals surface area contributed by atoms with Crippen LogP contribution in [0.5, 0.6) is 0 Å². The number of carboxylic acid groups (broad SMARTS) is 1. The minimum Gasteiger partial charge on any atom is -0.476 e. The van der Waals surface area contributed by atoms with Crippen LogP contribution >= 0.6 is 0 Å². The van der Waals surface area contributed by atoms with Crippen LogP contribution in [0.1, 0.15) is 17.4 Å². The molecule has 0 unspecified atom stereocenters. The van der Waals surface area contributed by atoms with Crippen LogP contribution in [-0.2, 0) is 4.79 Å². The van der Waals surface area contributed by atoms with Gasteiger partial charge in [-0.1, -0.05) is 0 Å². The lowest BCUT2D eigenvalue weighted by molar-refractivity contribution is -0.129. The molecule has 8 nitrogen and oxygen atoms in total. The van der Waals surface area contributed by atoms with Crippen molar-refractivity contribution in [2.24, 2.45) is 0 Å². The summed E-state index contributed by atoms with van der Waals surface area (Å²) < 4.78 is 0. The Bertz CT molecular complexity index is 545. The Morgan fingerprint density at radius 2 is 2.00 bits per heavy atom. The topological polar surface area (TPSA) is 103 Å². The average molecular weight is 294 g/mol. The Morgan fingerprint density at radius 3 is 2.52 bits per heavy atom. The van der Waals surface area contributed by atoms with Crippen molar-refractivity contribution in [2.75, 3.05) is 32.5 Å². The van der Waals surface area contributed by atoms with E-state index in [4.69, 9.17) is 5.11 Å². The van der Waals surface area contributed by atoms with Crippen molar-refractivity contribution in [2.45, 2.75) is 6.92 Å². The Morgan fingerprint density at radius 1 is 1.33 bits per heavy atom. The summed E-state index contributed by atoms with van der Waals surface area (Å²) in [7, 11) is 3.19. The highest BCUT2D eigenvalue weighted by Gasteiger charge is 2.19. The molecule has 3 amide bonds. The molecular weight excluding hydrogens is 276 g/mol. The molecule has 1 heterocycles. The third kappa shape index (κ3) is 4.44. The van der Waals surface area contributed by atoms with Crippen molar-refractivity contribution in [3.63, 3.8) is 0 Å². The number of carbonyl (C=O) groups is 3. The fraction of sp³-hybridized carbons (Fsp3) is 0.385. The van der Waals surface area contributed by atoms with Crippen LogP contribution in [0, 0.1) is 0 Å². The van der Waals surface area contributed by atoms with E-state index in [1.807, 2.05) is 0 Å². The van der Waals surface area contributed by atoms with Gasteiger partial charge in [-0.3, -0.25) is 4.79 Å². The number of aromatic nitrogens is 1. The van der Waals surface area contributed by atoms with Crippen molar-refractivity contribution in [1.29, 1.82) is 0 Å². The number of hydrogen-bond donors (Lipinski definition) is 2. The number of urea groups is 1. The number of likely N-dealkylation sites (N-methyl/N-ethyl adjacent to an activating group) is 2.